The first-order valence-corrected chi connectivity index (χ1v) is 10.1. The summed E-state index contributed by atoms with van der Waals surface area (Å²) in [5.74, 6) is -0.433. The van der Waals surface area contributed by atoms with E-state index in [2.05, 4.69) is 9.72 Å². The molecule has 8 heteroatoms. The van der Waals surface area contributed by atoms with Crippen molar-refractivity contribution >= 4 is 42.7 Å². The van der Waals surface area contributed by atoms with Crippen LogP contribution in [0.1, 0.15) is 15.9 Å². The molecule has 2 aromatic carbocycles. The van der Waals surface area contributed by atoms with Gasteiger partial charge in [0.2, 0.25) is 15.2 Å². The molecule has 0 amide bonds. The van der Waals surface area contributed by atoms with Crippen LogP contribution in [-0.4, -0.2) is 32.7 Å². The number of aromatic nitrogens is 1. The number of para-hydroxylation sites is 1. The number of sulfonamides is 1. The Morgan fingerprint density at radius 1 is 1.16 bits per heavy atom. The summed E-state index contributed by atoms with van der Waals surface area (Å²) in [5, 5.41) is 0.417. The largest absolute Gasteiger partial charge is 0.465 e. The predicted octanol–water partition coefficient (Wildman–Crippen LogP) is 3.05. The van der Waals surface area contributed by atoms with Crippen molar-refractivity contribution in [2.75, 3.05) is 17.7 Å². The molecule has 0 unspecified atom stereocenters. The second-order valence-electron chi connectivity index (χ2n) is 5.42. The van der Waals surface area contributed by atoms with Gasteiger partial charge in [-0.15, -0.1) is 0 Å². The van der Waals surface area contributed by atoms with Crippen LogP contribution in [0.4, 0.5) is 5.13 Å². The molecule has 0 saturated heterocycles. The Morgan fingerprint density at radius 3 is 2.44 bits per heavy atom. The molecule has 25 heavy (non-hydrogen) atoms. The van der Waals surface area contributed by atoms with Crippen LogP contribution in [0.3, 0.4) is 0 Å². The van der Waals surface area contributed by atoms with Crippen molar-refractivity contribution in [3.63, 3.8) is 0 Å². The summed E-state index contributed by atoms with van der Waals surface area (Å²) in [6, 6.07) is 14.1. The highest BCUT2D eigenvalue weighted by Crippen LogP contribution is 2.31. The summed E-state index contributed by atoms with van der Waals surface area (Å²) >= 11 is 1.32. The predicted molar refractivity (Wildman–Crippen MR) is 98.4 cm³/mol. The zero-order chi connectivity index (χ0) is 18.0. The second-order valence-corrected chi connectivity index (χ2v) is 8.34. The van der Waals surface area contributed by atoms with Crippen molar-refractivity contribution < 1.29 is 17.9 Å². The maximum absolute atomic E-state index is 12.3. The number of anilines is 1. The third kappa shape index (κ3) is 3.80. The molecule has 0 spiro atoms. The van der Waals surface area contributed by atoms with Crippen molar-refractivity contribution in [2.45, 2.75) is 6.54 Å². The fraction of sp³-hybridized carbons (Fsp3) is 0.176. The average Bonchev–Trinajstić information content (AvgIpc) is 3.02. The molecule has 3 aromatic rings. The summed E-state index contributed by atoms with van der Waals surface area (Å²) < 4.78 is 31.4. The second kappa shape index (κ2) is 6.81. The highest BCUT2D eigenvalue weighted by molar-refractivity contribution is 7.92. The SMILES string of the molecule is COC(=O)c1ccc(CN(c2nc3ccccc3s2)S(C)(=O)=O)cc1. The van der Waals surface area contributed by atoms with E-state index < -0.39 is 16.0 Å². The Labute approximate surface area is 149 Å². The molecule has 0 bridgehead atoms. The Hall–Kier alpha value is -2.45. The maximum atomic E-state index is 12.3. The Bertz CT molecular complexity index is 978. The van der Waals surface area contributed by atoms with Crippen LogP contribution in [0.5, 0.6) is 0 Å². The van der Waals surface area contributed by atoms with Crippen LogP contribution in [0.25, 0.3) is 10.2 Å². The number of methoxy groups -OCH3 is 1. The van der Waals surface area contributed by atoms with E-state index in [-0.39, 0.29) is 6.54 Å². The molecule has 0 atom stereocenters. The summed E-state index contributed by atoms with van der Waals surface area (Å²) in [7, 11) is -2.19. The summed E-state index contributed by atoms with van der Waals surface area (Å²) in [4.78, 5) is 15.9. The number of carbonyl (C=O) groups excluding carboxylic acids is 1. The lowest BCUT2D eigenvalue weighted by molar-refractivity contribution is 0.0600. The third-order valence-electron chi connectivity index (χ3n) is 3.60. The topological polar surface area (TPSA) is 76.6 Å². The molecule has 0 radical (unpaired) electrons. The third-order valence-corrected chi connectivity index (χ3v) is 5.88. The minimum absolute atomic E-state index is 0.139. The molecule has 0 aliphatic rings. The van der Waals surface area contributed by atoms with Crippen LogP contribution < -0.4 is 4.31 Å². The average molecular weight is 376 g/mol. The molecular weight excluding hydrogens is 360 g/mol. The van der Waals surface area contributed by atoms with E-state index in [0.29, 0.717) is 10.7 Å². The van der Waals surface area contributed by atoms with Crippen LogP contribution in [0, 0.1) is 0 Å². The maximum Gasteiger partial charge on any atom is 0.337 e. The van der Waals surface area contributed by atoms with Crippen LogP contribution in [0.15, 0.2) is 48.5 Å². The molecule has 0 saturated carbocycles. The lowest BCUT2D eigenvalue weighted by atomic mass is 10.1. The Balaban J connectivity index is 1.93. The van der Waals surface area contributed by atoms with E-state index in [1.165, 1.54) is 22.8 Å². The van der Waals surface area contributed by atoms with Gasteiger partial charge in [0, 0.05) is 0 Å². The number of carbonyl (C=O) groups is 1. The van der Waals surface area contributed by atoms with E-state index in [9.17, 15) is 13.2 Å². The molecular formula is C17H16N2O4S2. The molecule has 3 rings (SSSR count). The number of fused-ring (bicyclic) bond motifs is 1. The number of hydrogen-bond acceptors (Lipinski definition) is 6. The molecule has 6 nitrogen and oxygen atoms in total. The van der Waals surface area contributed by atoms with E-state index in [1.807, 2.05) is 24.3 Å². The van der Waals surface area contributed by atoms with Crippen molar-refractivity contribution in [1.29, 1.82) is 0 Å². The number of nitrogens with zero attached hydrogens (tertiary/aromatic N) is 2. The van der Waals surface area contributed by atoms with Gasteiger partial charge in [0.25, 0.3) is 0 Å². The first kappa shape index (κ1) is 17.4. The number of hydrogen-bond donors (Lipinski definition) is 0. The van der Waals surface area contributed by atoms with Gasteiger partial charge in [-0.3, -0.25) is 0 Å². The summed E-state index contributed by atoms with van der Waals surface area (Å²) in [6.45, 7) is 0.139. The number of ether oxygens (including phenoxy) is 1. The first-order chi connectivity index (χ1) is 11.9. The standard InChI is InChI=1S/C17H16N2O4S2/c1-23-16(20)13-9-7-12(8-10-13)11-19(25(2,21)22)17-18-14-5-3-4-6-15(14)24-17/h3-10H,11H2,1-2H3. The smallest absolute Gasteiger partial charge is 0.337 e. The minimum atomic E-state index is -3.51. The van der Waals surface area contributed by atoms with Crippen molar-refractivity contribution in [3.05, 3.63) is 59.7 Å². The monoisotopic (exact) mass is 376 g/mol. The van der Waals surface area contributed by atoms with Gasteiger partial charge in [0.05, 0.1) is 35.7 Å². The van der Waals surface area contributed by atoms with Gasteiger partial charge >= 0.3 is 5.97 Å². The first-order valence-electron chi connectivity index (χ1n) is 7.39. The zero-order valence-corrected chi connectivity index (χ0v) is 15.3. The van der Waals surface area contributed by atoms with Gasteiger partial charge < -0.3 is 4.74 Å². The van der Waals surface area contributed by atoms with Crippen molar-refractivity contribution in [2.24, 2.45) is 0 Å². The number of benzene rings is 2. The lowest BCUT2D eigenvalue weighted by Crippen LogP contribution is -2.29. The van der Waals surface area contributed by atoms with Gasteiger partial charge in [-0.05, 0) is 29.8 Å². The Morgan fingerprint density at radius 2 is 1.84 bits per heavy atom. The van der Waals surface area contributed by atoms with E-state index in [0.717, 1.165) is 22.0 Å². The van der Waals surface area contributed by atoms with Crippen LogP contribution >= 0.6 is 11.3 Å². The molecule has 1 heterocycles. The molecule has 0 N–H and O–H groups in total. The van der Waals surface area contributed by atoms with Gasteiger partial charge in [0.15, 0.2) is 0 Å². The fourth-order valence-electron chi connectivity index (χ4n) is 2.32. The van der Waals surface area contributed by atoms with E-state index >= 15 is 0 Å². The zero-order valence-electron chi connectivity index (χ0n) is 13.7. The van der Waals surface area contributed by atoms with Crippen LogP contribution in [0.2, 0.25) is 0 Å². The van der Waals surface area contributed by atoms with Crippen molar-refractivity contribution in [3.8, 4) is 0 Å². The molecule has 0 fully saturated rings. The fourth-order valence-corrected chi connectivity index (χ4v) is 4.42. The molecule has 1 aromatic heterocycles. The quantitative estimate of drug-likeness (QED) is 0.640. The highest BCUT2D eigenvalue weighted by Gasteiger charge is 2.21. The summed E-state index contributed by atoms with van der Waals surface area (Å²) in [5.41, 5.74) is 1.92. The number of thiazole rings is 1. The number of rotatable bonds is 5. The molecule has 0 aliphatic heterocycles. The van der Waals surface area contributed by atoms with Gasteiger partial charge in [-0.2, -0.15) is 0 Å². The van der Waals surface area contributed by atoms with E-state index in [1.54, 1.807) is 24.3 Å². The summed E-state index contributed by atoms with van der Waals surface area (Å²) in [6.07, 6.45) is 1.15. The molecule has 0 aliphatic carbocycles. The van der Waals surface area contributed by atoms with E-state index in [4.69, 9.17) is 0 Å². The van der Waals surface area contributed by atoms with Crippen LogP contribution in [-0.2, 0) is 21.3 Å². The van der Waals surface area contributed by atoms with Gasteiger partial charge in [-0.1, -0.05) is 35.6 Å². The van der Waals surface area contributed by atoms with Crippen molar-refractivity contribution in [1.82, 2.24) is 4.98 Å². The lowest BCUT2D eigenvalue weighted by Gasteiger charge is -2.19. The minimum Gasteiger partial charge on any atom is -0.465 e. The van der Waals surface area contributed by atoms with Gasteiger partial charge in [0.1, 0.15) is 0 Å². The Kier molecular flexibility index (Phi) is 4.73. The van der Waals surface area contributed by atoms with Gasteiger partial charge in [-0.25, -0.2) is 22.5 Å². The normalized spacial score (nSPS) is 11.4. The number of esters is 1. The molecule has 130 valence electrons. The highest BCUT2D eigenvalue weighted by atomic mass is 32.2.